The Balaban J connectivity index is 1.99. The van der Waals surface area contributed by atoms with Crippen LogP contribution in [0.4, 0.5) is 0 Å². The molecule has 2 saturated carbocycles. The van der Waals surface area contributed by atoms with Gasteiger partial charge >= 0.3 is 5.97 Å². The van der Waals surface area contributed by atoms with Crippen LogP contribution in [-0.4, -0.2) is 24.1 Å². The number of Topliss-reactive ketones (excluding diaryl/α,β-unsaturated/α-hetero) is 2. The van der Waals surface area contributed by atoms with Crippen LogP contribution in [0.25, 0.3) is 0 Å². The van der Waals surface area contributed by atoms with Crippen molar-refractivity contribution >= 4 is 17.5 Å². The molecule has 152 valence electrons. The molecule has 2 aliphatic rings. The molecule has 5 nitrogen and oxygen atoms in total. The number of benzene rings is 1. The van der Waals surface area contributed by atoms with E-state index in [0.29, 0.717) is 18.4 Å². The molecule has 2 aliphatic carbocycles. The summed E-state index contributed by atoms with van der Waals surface area (Å²) in [6, 6.07) is 6.06. The first-order valence-electron chi connectivity index (χ1n) is 10.4. The first-order valence-corrected chi connectivity index (χ1v) is 10.4. The molecule has 2 fully saturated rings. The van der Waals surface area contributed by atoms with Gasteiger partial charge in [0.2, 0.25) is 0 Å². The van der Waals surface area contributed by atoms with Gasteiger partial charge in [-0.1, -0.05) is 31.5 Å². The Kier molecular flexibility index (Phi) is 6.02. The summed E-state index contributed by atoms with van der Waals surface area (Å²) in [4.78, 5) is 38.7. The third-order valence-electron chi connectivity index (χ3n) is 6.21. The highest BCUT2D eigenvalue weighted by Crippen LogP contribution is 2.50. The van der Waals surface area contributed by atoms with Crippen LogP contribution in [0.15, 0.2) is 23.3 Å². The summed E-state index contributed by atoms with van der Waals surface area (Å²) in [6.07, 6.45) is 2.12. The molecule has 1 aromatic rings. The van der Waals surface area contributed by atoms with E-state index in [1.807, 2.05) is 26.8 Å². The van der Waals surface area contributed by atoms with Crippen molar-refractivity contribution in [1.82, 2.24) is 0 Å². The number of rotatable bonds is 5. The molecule has 0 radical (unpaired) electrons. The van der Waals surface area contributed by atoms with Gasteiger partial charge in [0.25, 0.3) is 0 Å². The van der Waals surface area contributed by atoms with Gasteiger partial charge in [0.05, 0.1) is 6.61 Å². The lowest BCUT2D eigenvalue weighted by molar-refractivity contribution is -0.138. The minimum absolute atomic E-state index is 0.0442. The number of aryl methyl sites for hydroxylation is 3. The van der Waals surface area contributed by atoms with Gasteiger partial charge in [-0.3, -0.25) is 9.59 Å². The lowest BCUT2D eigenvalue weighted by Crippen LogP contribution is -2.20. The molecule has 0 aliphatic heterocycles. The third kappa shape index (κ3) is 3.53. The highest BCUT2D eigenvalue weighted by molar-refractivity contribution is 6.17. The van der Waals surface area contributed by atoms with Crippen molar-refractivity contribution in [2.75, 3.05) is 6.61 Å². The number of hydrogen-bond donors (Lipinski definition) is 0. The molecular weight excluding hydrogens is 366 g/mol. The van der Waals surface area contributed by atoms with E-state index in [1.54, 1.807) is 6.92 Å². The van der Waals surface area contributed by atoms with Gasteiger partial charge in [-0.15, -0.1) is 0 Å². The molecule has 0 aromatic heterocycles. The number of carbonyl (C=O) groups is 3. The number of esters is 1. The molecule has 0 amide bonds. The first-order chi connectivity index (χ1) is 13.9. The molecule has 0 N–H and O–H groups in total. The van der Waals surface area contributed by atoms with Crippen LogP contribution in [0, 0.1) is 30.1 Å². The van der Waals surface area contributed by atoms with Gasteiger partial charge < -0.3 is 4.74 Å². The second-order valence-corrected chi connectivity index (χ2v) is 7.87. The van der Waals surface area contributed by atoms with E-state index in [0.717, 1.165) is 35.1 Å². The largest absolute Gasteiger partial charge is 0.462 e. The van der Waals surface area contributed by atoms with Crippen LogP contribution < -0.4 is 0 Å². The predicted octanol–water partition coefficient (Wildman–Crippen LogP) is 3.76. The molecule has 2 unspecified atom stereocenters. The number of fused-ring (bicyclic) bond motifs is 1. The van der Waals surface area contributed by atoms with Gasteiger partial charge in [0, 0.05) is 11.8 Å². The topological polar surface area (TPSA) is 84.2 Å². The first kappa shape index (κ1) is 21.0. The van der Waals surface area contributed by atoms with Crippen LogP contribution in [0.3, 0.4) is 0 Å². The van der Waals surface area contributed by atoms with E-state index in [9.17, 15) is 19.6 Å². The highest BCUT2D eigenvalue weighted by Gasteiger charge is 2.54. The quantitative estimate of drug-likeness (QED) is 0.329. The van der Waals surface area contributed by atoms with Crippen molar-refractivity contribution in [2.24, 2.45) is 11.8 Å². The fourth-order valence-corrected chi connectivity index (χ4v) is 4.93. The van der Waals surface area contributed by atoms with E-state index in [-0.39, 0.29) is 23.7 Å². The van der Waals surface area contributed by atoms with Crippen LogP contribution in [0.5, 0.6) is 0 Å². The standard InChI is InChI=1S/C24H27NO4/c1-5-14-8-13(4)9-15(6-2)20(14)21-22(26)17-10-16(11-18(17)23(21)27)19(12-25)24(28)29-7-3/h8-9,17-18,21H,5-7,10-11H2,1-4H3. The Morgan fingerprint density at radius 2 is 1.59 bits per heavy atom. The predicted molar refractivity (Wildman–Crippen MR) is 108 cm³/mol. The van der Waals surface area contributed by atoms with Crippen molar-refractivity contribution in [3.63, 3.8) is 0 Å². The highest BCUT2D eigenvalue weighted by atomic mass is 16.5. The SMILES string of the molecule is CCOC(=O)C(C#N)=C1CC2C(=O)C(c3c(CC)cc(C)cc3CC)C(=O)C2C1. The zero-order valence-electron chi connectivity index (χ0n) is 17.5. The maximum absolute atomic E-state index is 13.3. The van der Waals surface area contributed by atoms with E-state index in [2.05, 4.69) is 12.1 Å². The Morgan fingerprint density at radius 3 is 2.00 bits per heavy atom. The van der Waals surface area contributed by atoms with Crippen molar-refractivity contribution in [2.45, 2.75) is 59.3 Å². The molecule has 1 aromatic carbocycles. The monoisotopic (exact) mass is 393 g/mol. The van der Waals surface area contributed by atoms with Crippen LogP contribution in [0.2, 0.25) is 0 Å². The average Bonchev–Trinajstić information content (AvgIpc) is 3.22. The lowest BCUT2D eigenvalue weighted by atomic mass is 9.82. The maximum Gasteiger partial charge on any atom is 0.348 e. The number of ketones is 2. The zero-order chi connectivity index (χ0) is 21.3. The summed E-state index contributed by atoms with van der Waals surface area (Å²) in [5.41, 5.74) is 4.69. The molecule has 2 atom stereocenters. The van der Waals surface area contributed by atoms with Gasteiger partial charge in [-0.2, -0.15) is 5.26 Å². The summed E-state index contributed by atoms with van der Waals surface area (Å²) >= 11 is 0. The van der Waals surface area contributed by atoms with Gasteiger partial charge in [-0.25, -0.2) is 4.79 Å². The maximum atomic E-state index is 13.3. The minimum Gasteiger partial charge on any atom is -0.462 e. The van der Waals surface area contributed by atoms with Gasteiger partial charge in [0.15, 0.2) is 11.6 Å². The zero-order valence-corrected chi connectivity index (χ0v) is 17.5. The molecule has 0 spiro atoms. The lowest BCUT2D eigenvalue weighted by Gasteiger charge is -2.20. The van der Waals surface area contributed by atoms with Crippen LogP contribution >= 0.6 is 0 Å². The van der Waals surface area contributed by atoms with E-state index < -0.39 is 23.7 Å². The molecule has 29 heavy (non-hydrogen) atoms. The van der Waals surface area contributed by atoms with E-state index in [1.165, 1.54) is 0 Å². The summed E-state index contributed by atoms with van der Waals surface area (Å²) in [7, 11) is 0. The number of allylic oxidation sites excluding steroid dienone is 1. The molecule has 0 heterocycles. The van der Waals surface area contributed by atoms with Crippen molar-refractivity contribution in [3.05, 3.63) is 45.5 Å². The Labute approximate surface area is 171 Å². The number of ether oxygens (including phenoxy) is 1. The molecule has 0 saturated heterocycles. The van der Waals surface area contributed by atoms with Crippen LogP contribution in [-0.2, 0) is 32.0 Å². The third-order valence-corrected chi connectivity index (χ3v) is 6.21. The Bertz CT molecular complexity index is 899. The molecular formula is C24H27NO4. The summed E-state index contributed by atoms with van der Waals surface area (Å²) in [5.74, 6) is -2.41. The Morgan fingerprint density at radius 1 is 1.07 bits per heavy atom. The van der Waals surface area contributed by atoms with Crippen molar-refractivity contribution in [3.8, 4) is 6.07 Å². The van der Waals surface area contributed by atoms with Crippen molar-refractivity contribution in [1.29, 1.82) is 5.26 Å². The van der Waals surface area contributed by atoms with Crippen molar-refractivity contribution < 1.29 is 19.1 Å². The second-order valence-electron chi connectivity index (χ2n) is 7.87. The fourth-order valence-electron chi connectivity index (χ4n) is 4.93. The summed E-state index contributed by atoms with van der Waals surface area (Å²) in [6.45, 7) is 7.97. The number of hydrogen-bond acceptors (Lipinski definition) is 5. The average molecular weight is 393 g/mol. The molecule has 5 heteroatoms. The number of carbonyl (C=O) groups excluding carboxylic acids is 3. The number of nitrogens with zero attached hydrogens (tertiary/aromatic N) is 1. The summed E-state index contributed by atoms with van der Waals surface area (Å²) < 4.78 is 4.96. The Hall–Kier alpha value is -2.74. The van der Waals surface area contributed by atoms with Crippen LogP contribution in [0.1, 0.15) is 61.8 Å². The molecule has 3 rings (SSSR count). The normalized spacial score (nSPS) is 23.1. The minimum atomic E-state index is -0.717. The van der Waals surface area contributed by atoms with E-state index in [4.69, 9.17) is 4.74 Å². The summed E-state index contributed by atoms with van der Waals surface area (Å²) in [5, 5.41) is 9.39. The smallest absolute Gasteiger partial charge is 0.348 e. The second kappa shape index (κ2) is 8.32. The van der Waals surface area contributed by atoms with E-state index >= 15 is 0 Å². The van der Waals surface area contributed by atoms with Gasteiger partial charge in [-0.05, 0) is 61.8 Å². The fraction of sp³-hybridized carbons (Fsp3) is 0.500. The molecule has 0 bridgehead atoms. The van der Waals surface area contributed by atoms with Gasteiger partial charge in [0.1, 0.15) is 17.6 Å². The number of nitriles is 1.